The molecule has 4 aromatic carbocycles. The van der Waals surface area contributed by atoms with Crippen molar-refractivity contribution >= 4 is 34.4 Å². The van der Waals surface area contributed by atoms with E-state index in [1.54, 1.807) is 19.4 Å². The Hall–Kier alpha value is -5.48. The maximum atomic E-state index is 15.7. The van der Waals surface area contributed by atoms with E-state index in [0.717, 1.165) is 65.4 Å². The van der Waals surface area contributed by atoms with Gasteiger partial charge in [0.15, 0.2) is 0 Å². The first-order valence-corrected chi connectivity index (χ1v) is 20.1. The highest BCUT2D eigenvalue weighted by atomic mass is 35.5. The lowest BCUT2D eigenvalue weighted by molar-refractivity contribution is -0.143. The monoisotopic (exact) mass is 806 g/mol. The second kappa shape index (κ2) is 18.0. The first-order valence-electron chi connectivity index (χ1n) is 19.7. The summed E-state index contributed by atoms with van der Waals surface area (Å²) in [6, 6.07) is 21.0. The van der Waals surface area contributed by atoms with Gasteiger partial charge in [0.25, 0.3) is 0 Å². The minimum absolute atomic E-state index is 0.0253. The van der Waals surface area contributed by atoms with E-state index >= 15 is 4.39 Å². The summed E-state index contributed by atoms with van der Waals surface area (Å²) in [4.78, 5) is 25.3. The SMILES string of the molecule is COc1cc(Cn2ncc3c(-c4cccc(-c5cc(F)c(CNC[C@@H]6CCC(=O)N6)c(OC)c5)c4Cl)cccc32)c(C#N)cc1CN(C)C[C@@H]1CCC[C@@H](C(=O)O)C1. The summed E-state index contributed by atoms with van der Waals surface area (Å²) in [6.07, 6.45) is 6.40. The molecule has 1 amide bonds. The first kappa shape index (κ1) is 40.7. The molecule has 1 saturated heterocycles. The van der Waals surface area contributed by atoms with Gasteiger partial charge in [0.1, 0.15) is 17.3 Å². The highest BCUT2D eigenvalue weighted by Gasteiger charge is 2.28. The number of aliphatic carboxylic acids is 1. The van der Waals surface area contributed by atoms with Gasteiger partial charge in [-0.2, -0.15) is 10.4 Å². The van der Waals surface area contributed by atoms with E-state index in [9.17, 15) is 20.0 Å². The topological polar surface area (TPSA) is 142 Å². The maximum Gasteiger partial charge on any atom is 0.306 e. The van der Waals surface area contributed by atoms with Crippen LogP contribution in [0.3, 0.4) is 0 Å². The molecule has 1 aromatic heterocycles. The number of rotatable bonds is 15. The number of carboxylic acids is 1. The van der Waals surface area contributed by atoms with Crippen molar-refractivity contribution in [2.45, 2.75) is 64.2 Å². The predicted molar refractivity (Wildman–Crippen MR) is 221 cm³/mol. The van der Waals surface area contributed by atoms with Gasteiger partial charge >= 0.3 is 5.97 Å². The molecule has 1 saturated carbocycles. The number of carbonyl (C=O) groups excluding carboxylic acids is 1. The lowest BCUT2D eigenvalue weighted by Crippen LogP contribution is -2.35. The van der Waals surface area contributed by atoms with Gasteiger partial charge < -0.3 is 30.1 Å². The average Bonchev–Trinajstić information content (AvgIpc) is 3.84. The zero-order chi connectivity index (χ0) is 40.9. The Morgan fingerprint density at radius 1 is 1.07 bits per heavy atom. The summed E-state index contributed by atoms with van der Waals surface area (Å²) in [6.45, 7) is 2.42. The molecule has 1 aliphatic heterocycles. The third-order valence-electron chi connectivity index (χ3n) is 11.5. The van der Waals surface area contributed by atoms with Crippen LogP contribution in [-0.4, -0.2) is 72.1 Å². The maximum absolute atomic E-state index is 15.7. The molecule has 0 unspecified atom stereocenters. The average molecular weight is 807 g/mol. The van der Waals surface area contributed by atoms with Crippen molar-refractivity contribution < 1.29 is 28.6 Å². The number of hydrogen-bond donors (Lipinski definition) is 3. The molecule has 2 fully saturated rings. The number of nitriles is 1. The zero-order valence-electron chi connectivity index (χ0n) is 33.0. The number of ether oxygens (including phenoxy) is 2. The van der Waals surface area contributed by atoms with E-state index in [1.807, 2.05) is 60.3 Å². The number of halogens is 2. The Bertz CT molecular complexity index is 2380. The summed E-state index contributed by atoms with van der Waals surface area (Å²) in [5, 5.41) is 32.0. The summed E-state index contributed by atoms with van der Waals surface area (Å²) in [7, 11) is 5.15. The van der Waals surface area contributed by atoms with Crippen LogP contribution >= 0.6 is 11.6 Å². The number of benzene rings is 4. The number of aromatic nitrogens is 2. The summed E-state index contributed by atoms with van der Waals surface area (Å²) in [5.74, 6) is -0.00976. The van der Waals surface area contributed by atoms with Gasteiger partial charge in [-0.1, -0.05) is 48.4 Å². The van der Waals surface area contributed by atoms with Crippen LogP contribution in [0.4, 0.5) is 4.39 Å². The smallest absolute Gasteiger partial charge is 0.306 e. The van der Waals surface area contributed by atoms with E-state index in [0.29, 0.717) is 77.2 Å². The molecule has 1 aliphatic carbocycles. The standard InChI is InChI=1S/C45H48ClFN6O5/c1-52(24-27-7-4-8-28(15-27)45(55)56)25-32-16-30(20-48)31(19-41(32)57-2)26-53-40-12-6-10-35(37(40)23-50-53)36-11-5-9-34(44(36)46)29-17-39(47)38(42(18-29)58-3)22-49-21-33-13-14-43(54)51-33/h5-6,9-12,16-19,23,27-28,33,49H,4,7-8,13-15,21-22,24-26H2,1-3H3,(H,51,54)(H,55,56)/t27-,28-,33+/m1/s1. The summed E-state index contributed by atoms with van der Waals surface area (Å²) >= 11 is 7.15. The number of hydrogen-bond acceptors (Lipinski definition) is 8. The number of nitrogens with one attached hydrogen (secondary N) is 2. The summed E-state index contributed by atoms with van der Waals surface area (Å²) < 4.78 is 29.0. The Morgan fingerprint density at radius 3 is 2.59 bits per heavy atom. The fourth-order valence-electron chi connectivity index (χ4n) is 8.60. The van der Waals surface area contributed by atoms with Gasteiger partial charge in [-0.15, -0.1) is 0 Å². The number of methoxy groups -OCH3 is 2. The second-order valence-corrected chi connectivity index (χ2v) is 15.9. The minimum Gasteiger partial charge on any atom is -0.496 e. The van der Waals surface area contributed by atoms with Crippen LogP contribution in [-0.2, 0) is 29.2 Å². The Balaban J connectivity index is 1.11. The van der Waals surface area contributed by atoms with E-state index in [1.165, 1.54) is 13.2 Å². The van der Waals surface area contributed by atoms with Crippen molar-refractivity contribution in [2.24, 2.45) is 11.8 Å². The molecule has 58 heavy (non-hydrogen) atoms. The highest BCUT2D eigenvalue weighted by molar-refractivity contribution is 6.36. The molecule has 0 radical (unpaired) electrons. The van der Waals surface area contributed by atoms with Gasteiger partial charge in [0.2, 0.25) is 5.91 Å². The van der Waals surface area contributed by atoms with Crippen molar-refractivity contribution in [1.29, 1.82) is 5.26 Å². The van der Waals surface area contributed by atoms with Crippen LogP contribution in [0.25, 0.3) is 33.2 Å². The van der Waals surface area contributed by atoms with Crippen molar-refractivity contribution in [3.8, 4) is 39.8 Å². The molecule has 7 rings (SSSR count). The second-order valence-electron chi connectivity index (χ2n) is 15.5. The molecule has 11 nitrogen and oxygen atoms in total. The molecule has 3 atom stereocenters. The van der Waals surface area contributed by atoms with Crippen LogP contribution < -0.4 is 20.1 Å². The summed E-state index contributed by atoms with van der Waals surface area (Å²) in [5.41, 5.74) is 6.24. The Kier molecular flexibility index (Phi) is 12.6. The van der Waals surface area contributed by atoms with E-state index < -0.39 is 11.8 Å². The first-order chi connectivity index (χ1) is 28.1. The third-order valence-corrected chi connectivity index (χ3v) is 11.9. The van der Waals surface area contributed by atoms with Gasteiger partial charge in [0.05, 0.1) is 55.1 Å². The van der Waals surface area contributed by atoms with E-state index in [-0.39, 0.29) is 24.4 Å². The lowest BCUT2D eigenvalue weighted by atomic mass is 9.81. The fraction of sp³-hybridized carbons (Fsp3) is 0.378. The quantitative estimate of drug-likeness (QED) is 0.0967. The third kappa shape index (κ3) is 8.82. The number of nitrogens with zero attached hydrogens (tertiary/aromatic N) is 4. The van der Waals surface area contributed by atoms with Gasteiger partial charge in [-0.3, -0.25) is 14.3 Å². The molecule has 13 heteroatoms. The number of carbonyl (C=O) groups is 2. The normalized spacial score (nSPS) is 18.0. The van der Waals surface area contributed by atoms with Crippen LogP contribution in [0.2, 0.25) is 5.02 Å². The van der Waals surface area contributed by atoms with Crippen LogP contribution in [0.5, 0.6) is 11.5 Å². The molecule has 2 heterocycles. The number of amides is 1. The highest BCUT2D eigenvalue weighted by Crippen LogP contribution is 2.41. The molecule has 302 valence electrons. The fourth-order valence-corrected chi connectivity index (χ4v) is 8.94. The van der Waals surface area contributed by atoms with Crippen molar-refractivity contribution in [3.05, 3.63) is 100.0 Å². The molecular formula is C45H48ClFN6O5. The Morgan fingerprint density at radius 2 is 1.84 bits per heavy atom. The van der Waals surface area contributed by atoms with Gasteiger partial charge in [-0.25, -0.2) is 4.39 Å². The van der Waals surface area contributed by atoms with Crippen LogP contribution in [0.15, 0.2) is 66.9 Å². The van der Waals surface area contributed by atoms with Crippen molar-refractivity contribution in [1.82, 2.24) is 25.3 Å². The lowest BCUT2D eigenvalue weighted by Gasteiger charge is -2.30. The molecular weight excluding hydrogens is 759 g/mol. The van der Waals surface area contributed by atoms with Crippen LogP contribution in [0, 0.1) is 29.0 Å². The molecule has 0 bridgehead atoms. The molecule has 3 N–H and O–H groups in total. The molecule has 2 aliphatic rings. The van der Waals surface area contributed by atoms with Crippen molar-refractivity contribution in [2.75, 3.05) is 34.4 Å². The molecule has 5 aromatic rings. The van der Waals surface area contributed by atoms with E-state index in [4.69, 9.17) is 26.2 Å². The van der Waals surface area contributed by atoms with E-state index in [2.05, 4.69) is 21.6 Å². The Labute approximate surface area is 342 Å². The van der Waals surface area contributed by atoms with Gasteiger partial charge in [-0.05, 0) is 85.7 Å². The van der Waals surface area contributed by atoms with Crippen LogP contribution in [0.1, 0.15) is 60.8 Å². The zero-order valence-corrected chi connectivity index (χ0v) is 33.7. The molecule has 0 spiro atoms. The largest absolute Gasteiger partial charge is 0.496 e. The predicted octanol–water partition coefficient (Wildman–Crippen LogP) is 7.79. The minimum atomic E-state index is -0.710. The number of carboxylic acid groups (broad SMARTS) is 1. The van der Waals surface area contributed by atoms with Crippen molar-refractivity contribution in [3.63, 3.8) is 0 Å². The number of fused-ring (bicyclic) bond motifs is 1. The van der Waals surface area contributed by atoms with Gasteiger partial charge in [0, 0.05) is 66.3 Å².